The summed E-state index contributed by atoms with van der Waals surface area (Å²) in [5.41, 5.74) is -1.42. The summed E-state index contributed by atoms with van der Waals surface area (Å²) in [6.07, 6.45) is -0.735. The minimum atomic E-state index is -2.55. The molecular formula is C10H16F2N2O. The second-order valence-electron chi connectivity index (χ2n) is 4.38. The zero-order valence-electron chi connectivity index (χ0n) is 8.88. The molecule has 0 aromatic rings. The zero-order chi connectivity index (χ0) is 11.1. The topological polar surface area (TPSA) is 23.6 Å². The lowest BCUT2D eigenvalue weighted by molar-refractivity contribution is -0.146. The number of halogens is 2. The molecule has 0 bridgehead atoms. The maximum atomic E-state index is 13.1. The number of nitrogens with zero attached hydrogens (tertiary/aromatic N) is 2. The first-order valence-corrected chi connectivity index (χ1v) is 5.47. The molecule has 0 aliphatic carbocycles. The van der Waals surface area contributed by atoms with Gasteiger partial charge in [-0.3, -0.25) is 9.80 Å². The van der Waals surface area contributed by atoms with Gasteiger partial charge in [0.2, 0.25) is 5.91 Å². The van der Waals surface area contributed by atoms with Crippen molar-refractivity contribution in [3.63, 3.8) is 0 Å². The van der Waals surface area contributed by atoms with Gasteiger partial charge >= 0.3 is 0 Å². The van der Waals surface area contributed by atoms with Gasteiger partial charge < -0.3 is 0 Å². The van der Waals surface area contributed by atoms with Gasteiger partial charge in [-0.15, -0.1) is 0 Å². The van der Waals surface area contributed by atoms with Crippen LogP contribution in [-0.2, 0) is 4.79 Å². The Morgan fingerprint density at radius 1 is 1.47 bits per heavy atom. The van der Waals surface area contributed by atoms with Gasteiger partial charge in [0, 0.05) is 19.6 Å². The molecule has 2 rings (SSSR count). The van der Waals surface area contributed by atoms with E-state index in [0.29, 0.717) is 13.0 Å². The molecule has 1 amide bonds. The third-order valence-corrected chi connectivity index (χ3v) is 3.37. The number of hydrazine groups is 1. The summed E-state index contributed by atoms with van der Waals surface area (Å²) in [5.74, 6) is -0.364. The van der Waals surface area contributed by atoms with E-state index in [-0.39, 0.29) is 18.9 Å². The molecule has 3 nitrogen and oxygen atoms in total. The molecule has 2 heterocycles. The van der Waals surface area contributed by atoms with Crippen LogP contribution < -0.4 is 0 Å². The van der Waals surface area contributed by atoms with Gasteiger partial charge in [0.1, 0.15) is 5.41 Å². The highest BCUT2D eigenvalue weighted by Crippen LogP contribution is 2.41. The quantitative estimate of drug-likeness (QED) is 0.716. The number of carbonyl (C=O) groups excluding carboxylic acids is 1. The minimum Gasteiger partial charge on any atom is -0.275 e. The summed E-state index contributed by atoms with van der Waals surface area (Å²) in [4.78, 5) is 11.9. The Morgan fingerprint density at radius 3 is 2.73 bits per heavy atom. The number of fused-ring (bicyclic) bond motifs is 1. The molecule has 1 atom stereocenters. The van der Waals surface area contributed by atoms with Crippen molar-refractivity contribution in [2.75, 3.05) is 19.6 Å². The largest absolute Gasteiger partial charge is 0.275 e. The molecule has 0 aromatic carbocycles. The Kier molecular flexibility index (Phi) is 2.66. The van der Waals surface area contributed by atoms with Crippen LogP contribution in [0.1, 0.15) is 26.2 Å². The molecule has 0 N–H and O–H groups in total. The maximum Gasteiger partial charge on any atom is 0.254 e. The van der Waals surface area contributed by atoms with Gasteiger partial charge in [-0.2, -0.15) is 0 Å². The lowest BCUT2D eigenvalue weighted by Gasteiger charge is -2.24. The van der Waals surface area contributed by atoms with Crippen molar-refractivity contribution in [3.05, 3.63) is 0 Å². The van der Waals surface area contributed by atoms with Crippen molar-refractivity contribution in [1.82, 2.24) is 10.0 Å². The van der Waals surface area contributed by atoms with Crippen molar-refractivity contribution in [2.45, 2.75) is 32.6 Å². The Labute approximate surface area is 88.0 Å². The predicted molar refractivity (Wildman–Crippen MR) is 51.2 cm³/mol. The minimum absolute atomic E-state index is 0.206. The molecule has 0 spiro atoms. The van der Waals surface area contributed by atoms with Crippen LogP contribution in [0.2, 0.25) is 0 Å². The van der Waals surface area contributed by atoms with Crippen molar-refractivity contribution < 1.29 is 13.6 Å². The summed E-state index contributed by atoms with van der Waals surface area (Å²) in [6, 6.07) is 0. The highest BCUT2D eigenvalue weighted by atomic mass is 19.3. The van der Waals surface area contributed by atoms with Gasteiger partial charge in [-0.05, 0) is 12.8 Å². The highest BCUT2D eigenvalue weighted by molar-refractivity contribution is 5.85. The summed E-state index contributed by atoms with van der Waals surface area (Å²) in [5, 5.41) is 3.30. The first kappa shape index (κ1) is 10.8. The third kappa shape index (κ3) is 1.44. The Balaban J connectivity index is 2.23. The molecule has 0 radical (unpaired) electrons. The fourth-order valence-electron chi connectivity index (χ4n) is 2.61. The Bertz CT molecular complexity index is 272. The maximum absolute atomic E-state index is 13.1. The van der Waals surface area contributed by atoms with Crippen LogP contribution in [0.15, 0.2) is 0 Å². The summed E-state index contributed by atoms with van der Waals surface area (Å²) in [6.45, 7) is 3.40. The standard InChI is InChI=1S/C10H16F2N2O/c1-2-4-10(8(11)12)7-13-5-3-6-14(13)9(10)15/h8H,2-7H2,1H3. The molecule has 15 heavy (non-hydrogen) atoms. The smallest absolute Gasteiger partial charge is 0.254 e. The normalized spacial score (nSPS) is 31.7. The van der Waals surface area contributed by atoms with Crippen molar-refractivity contribution >= 4 is 5.91 Å². The fraction of sp³-hybridized carbons (Fsp3) is 0.900. The number of alkyl halides is 2. The first-order chi connectivity index (χ1) is 7.12. The van der Waals surface area contributed by atoms with E-state index in [4.69, 9.17) is 0 Å². The molecule has 1 unspecified atom stereocenters. The molecule has 2 saturated heterocycles. The molecule has 0 aromatic heterocycles. The first-order valence-electron chi connectivity index (χ1n) is 5.47. The summed E-state index contributed by atoms with van der Waals surface area (Å²) < 4.78 is 26.1. The van der Waals surface area contributed by atoms with Crippen molar-refractivity contribution in [3.8, 4) is 0 Å². The lowest BCUT2D eigenvalue weighted by Crippen LogP contribution is -2.41. The van der Waals surface area contributed by atoms with Crippen LogP contribution in [0.3, 0.4) is 0 Å². The van der Waals surface area contributed by atoms with E-state index in [1.165, 1.54) is 5.01 Å². The van der Waals surface area contributed by atoms with E-state index in [0.717, 1.165) is 13.0 Å². The number of carbonyl (C=O) groups is 1. The predicted octanol–water partition coefficient (Wildman–Crippen LogP) is 1.50. The van der Waals surface area contributed by atoms with Gasteiger partial charge in [-0.25, -0.2) is 13.8 Å². The van der Waals surface area contributed by atoms with E-state index in [1.807, 2.05) is 6.92 Å². The van der Waals surface area contributed by atoms with Crippen LogP contribution in [0.25, 0.3) is 0 Å². The average molecular weight is 218 g/mol. The van der Waals surface area contributed by atoms with Crippen LogP contribution >= 0.6 is 0 Å². The SMILES string of the molecule is CCCC1(C(F)F)CN2CCCN2C1=O. The second kappa shape index (κ2) is 3.70. The molecule has 0 saturated carbocycles. The number of rotatable bonds is 3. The van der Waals surface area contributed by atoms with Gasteiger partial charge in [0.05, 0.1) is 0 Å². The Hall–Kier alpha value is -0.710. The molecular weight excluding hydrogens is 202 g/mol. The molecule has 86 valence electrons. The van der Waals surface area contributed by atoms with E-state index in [2.05, 4.69) is 0 Å². The Morgan fingerprint density at radius 2 is 2.20 bits per heavy atom. The molecule has 2 aliphatic heterocycles. The third-order valence-electron chi connectivity index (χ3n) is 3.37. The van der Waals surface area contributed by atoms with Crippen LogP contribution in [0, 0.1) is 5.41 Å². The molecule has 2 aliphatic rings. The average Bonchev–Trinajstić information content (AvgIpc) is 2.71. The second-order valence-corrected chi connectivity index (χ2v) is 4.38. The van der Waals surface area contributed by atoms with E-state index < -0.39 is 11.8 Å². The highest BCUT2D eigenvalue weighted by Gasteiger charge is 2.57. The van der Waals surface area contributed by atoms with E-state index in [1.54, 1.807) is 5.01 Å². The van der Waals surface area contributed by atoms with E-state index >= 15 is 0 Å². The van der Waals surface area contributed by atoms with Crippen molar-refractivity contribution in [1.29, 1.82) is 0 Å². The number of amides is 1. The van der Waals surface area contributed by atoms with Gasteiger partial charge in [0.25, 0.3) is 6.43 Å². The molecule has 5 heteroatoms. The van der Waals surface area contributed by atoms with Gasteiger partial charge in [-0.1, -0.05) is 13.3 Å². The monoisotopic (exact) mass is 218 g/mol. The van der Waals surface area contributed by atoms with Crippen LogP contribution in [0.4, 0.5) is 8.78 Å². The van der Waals surface area contributed by atoms with Crippen molar-refractivity contribution in [2.24, 2.45) is 5.41 Å². The molecule has 2 fully saturated rings. The van der Waals surface area contributed by atoms with Gasteiger partial charge in [0.15, 0.2) is 0 Å². The number of hydrogen-bond donors (Lipinski definition) is 0. The lowest BCUT2D eigenvalue weighted by atomic mass is 9.83. The zero-order valence-corrected chi connectivity index (χ0v) is 8.88. The number of hydrogen-bond acceptors (Lipinski definition) is 2. The van der Waals surface area contributed by atoms with E-state index in [9.17, 15) is 13.6 Å². The summed E-state index contributed by atoms with van der Waals surface area (Å²) in [7, 11) is 0. The fourth-order valence-corrected chi connectivity index (χ4v) is 2.61. The van der Waals surface area contributed by atoms with Crippen LogP contribution in [-0.4, -0.2) is 42.0 Å². The summed E-state index contributed by atoms with van der Waals surface area (Å²) >= 11 is 0. The van der Waals surface area contributed by atoms with Crippen LogP contribution in [0.5, 0.6) is 0 Å².